The Balaban J connectivity index is 1.73. The first-order valence-corrected chi connectivity index (χ1v) is 8.96. The van der Waals surface area contributed by atoms with Crippen molar-refractivity contribution in [1.82, 2.24) is 0 Å². The second-order valence-corrected chi connectivity index (χ2v) is 6.76. The highest BCUT2D eigenvalue weighted by molar-refractivity contribution is 5.30. The van der Waals surface area contributed by atoms with E-state index in [0.717, 1.165) is 5.56 Å². The quantitative estimate of drug-likeness (QED) is 0.414. The lowest BCUT2D eigenvalue weighted by Crippen LogP contribution is -2.23. The van der Waals surface area contributed by atoms with Crippen molar-refractivity contribution in [2.45, 2.75) is 31.4 Å². The Morgan fingerprint density at radius 3 is 1.93 bits per heavy atom. The molecule has 0 N–H and O–H groups in total. The number of halogens is 5. The summed E-state index contributed by atoms with van der Waals surface area (Å²) in [6.07, 6.45) is -3.80. The Bertz CT molecular complexity index is 899. The van der Waals surface area contributed by atoms with Gasteiger partial charge < -0.3 is 0 Å². The molecule has 0 amide bonds. The van der Waals surface area contributed by atoms with Crippen molar-refractivity contribution < 1.29 is 22.0 Å². The van der Waals surface area contributed by atoms with Crippen LogP contribution in [0.2, 0.25) is 0 Å². The maximum Gasteiger partial charge on any atom is 0.396 e. The smallest absolute Gasteiger partial charge is 0.207 e. The Morgan fingerprint density at radius 2 is 1.32 bits per heavy atom. The van der Waals surface area contributed by atoms with E-state index in [-0.39, 0.29) is 16.9 Å². The van der Waals surface area contributed by atoms with Crippen LogP contribution >= 0.6 is 0 Å². The van der Waals surface area contributed by atoms with E-state index in [9.17, 15) is 22.0 Å². The van der Waals surface area contributed by atoms with E-state index >= 15 is 0 Å². The van der Waals surface area contributed by atoms with Gasteiger partial charge in [0.2, 0.25) is 0 Å². The molecule has 0 bridgehead atoms. The van der Waals surface area contributed by atoms with E-state index < -0.39 is 24.3 Å². The molecular weight excluding hydrogens is 371 g/mol. The maximum atomic E-state index is 14.5. The minimum absolute atomic E-state index is 0.0386. The van der Waals surface area contributed by atoms with Gasteiger partial charge in [-0.2, -0.15) is 13.2 Å². The van der Waals surface area contributed by atoms with Crippen molar-refractivity contribution in [3.05, 3.63) is 107 Å². The highest BCUT2D eigenvalue weighted by Crippen LogP contribution is 2.37. The van der Waals surface area contributed by atoms with Gasteiger partial charge in [0.05, 0.1) is 5.92 Å². The minimum Gasteiger partial charge on any atom is -0.207 e. The topological polar surface area (TPSA) is 0 Å². The van der Waals surface area contributed by atoms with Gasteiger partial charge >= 0.3 is 6.18 Å². The molecule has 0 fully saturated rings. The fourth-order valence-corrected chi connectivity index (χ4v) is 3.18. The van der Waals surface area contributed by atoms with Crippen LogP contribution in [0.5, 0.6) is 0 Å². The normalized spacial score (nSPS) is 12.8. The van der Waals surface area contributed by atoms with Gasteiger partial charge in [-0.1, -0.05) is 54.6 Å². The first-order chi connectivity index (χ1) is 13.3. The number of benzene rings is 3. The maximum absolute atomic E-state index is 14.5. The van der Waals surface area contributed by atoms with Crippen LogP contribution in [-0.2, 0) is 19.3 Å². The molecule has 0 nitrogen and oxygen atoms in total. The van der Waals surface area contributed by atoms with Crippen LogP contribution in [0.1, 0.15) is 28.2 Å². The van der Waals surface area contributed by atoms with Crippen molar-refractivity contribution in [3.63, 3.8) is 0 Å². The predicted octanol–water partition coefficient (Wildman–Crippen LogP) is 6.64. The summed E-state index contributed by atoms with van der Waals surface area (Å²) >= 11 is 0. The molecule has 5 heteroatoms. The van der Waals surface area contributed by atoms with Crippen LogP contribution in [0.25, 0.3) is 0 Å². The molecule has 0 aliphatic heterocycles. The van der Waals surface area contributed by atoms with E-state index in [4.69, 9.17) is 0 Å². The third kappa shape index (κ3) is 5.18. The summed E-state index contributed by atoms with van der Waals surface area (Å²) in [4.78, 5) is 0. The second kappa shape index (κ2) is 8.55. The molecule has 1 atom stereocenters. The fraction of sp³-hybridized carbons (Fsp3) is 0.217. The monoisotopic (exact) mass is 390 g/mol. The number of rotatable bonds is 6. The molecule has 0 saturated carbocycles. The zero-order valence-electron chi connectivity index (χ0n) is 15.0. The second-order valence-electron chi connectivity index (χ2n) is 6.76. The zero-order chi connectivity index (χ0) is 20.1. The van der Waals surface area contributed by atoms with Crippen LogP contribution in [0.15, 0.2) is 72.8 Å². The van der Waals surface area contributed by atoms with Crippen molar-refractivity contribution >= 4 is 0 Å². The molecule has 0 aliphatic carbocycles. The third-order valence-electron chi connectivity index (χ3n) is 4.75. The van der Waals surface area contributed by atoms with E-state index in [0.29, 0.717) is 18.4 Å². The van der Waals surface area contributed by atoms with Crippen LogP contribution in [0, 0.1) is 11.6 Å². The first-order valence-electron chi connectivity index (χ1n) is 8.96. The summed E-state index contributed by atoms with van der Waals surface area (Å²) in [5.41, 5.74) is 1.76. The van der Waals surface area contributed by atoms with Gasteiger partial charge in [0.25, 0.3) is 0 Å². The molecule has 28 heavy (non-hydrogen) atoms. The Labute approximate surface area is 160 Å². The average molecular weight is 390 g/mol. The summed E-state index contributed by atoms with van der Waals surface area (Å²) < 4.78 is 67.9. The molecule has 0 radical (unpaired) electrons. The van der Waals surface area contributed by atoms with Crippen LogP contribution in [-0.4, -0.2) is 6.18 Å². The SMILES string of the molecule is Fc1ccc(CCc2ccc(C[C@@H](c3ccccc3)C(F)(F)F)c(F)c2)cc1. The van der Waals surface area contributed by atoms with Crippen molar-refractivity contribution in [3.8, 4) is 0 Å². The molecule has 3 aromatic carbocycles. The van der Waals surface area contributed by atoms with Crippen molar-refractivity contribution in [2.75, 3.05) is 0 Å². The standard InChI is InChI=1S/C23H19F5/c24-20-12-9-16(10-13-20)6-7-17-8-11-19(22(25)14-17)15-21(23(26,27)28)18-4-2-1-3-5-18/h1-5,8-14,21H,6-7,15H2/t21-/m0/s1. The van der Waals surface area contributed by atoms with Gasteiger partial charge in [0.1, 0.15) is 11.6 Å². The Morgan fingerprint density at radius 1 is 0.714 bits per heavy atom. The molecule has 0 saturated heterocycles. The number of hydrogen-bond donors (Lipinski definition) is 0. The molecule has 3 aromatic rings. The van der Waals surface area contributed by atoms with Gasteiger partial charge in [-0.25, -0.2) is 8.78 Å². The summed E-state index contributed by atoms with van der Waals surface area (Å²) in [5.74, 6) is -2.72. The fourth-order valence-electron chi connectivity index (χ4n) is 3.18. The Kier molecular flexibility index (Phi) is 6.12. The predicted molar refractivity (Wildman–Crippen MR) is 99.2 cm³/mol. The minimum atomic E-state index is -4.46. The van der Waals surface area contributed by atoms with E-state index in [1.54, 1.807) is 36.4 Å². The van der Waals surface area contributed by atoms with E-state index in [1.807, 2.05) is 0 Å². The molecule has 146 valence electrons. The Hall–Kier alpha value is -2.69. The summed E-state index contributed by atoms with van der Waals surface area (Å²) in [7, 11) is 0. The molecule has 0 spiro atoms. The van der Waals surface area contributed by atoms with Crippen molar-refractivity contribution in [1.29, 1.82) is 0 Å². The third-order valence-corrected chi connectivity index (χ3v) is 4.75. The molecule has 0 unspecified atom stereocenters. The molecule has 0 aliphatic rings. The average Bonchev–Trinajstić information content (AvgIpc) is 2.66. The molecular formula is C23H19F5. The summed E-state index contributed by atoms with van der Waals surface area (Å²) in [6, 6.07) is 18.0. The lowest BCUT2D eigenvalue weighted by Gasteiger charge is -2.21. The van der Waals surface area contributed by atoms with Gasteiger partial charge in [-0.3, -0.25) is 0 Å². The van der Waals surface area contributed by atoms with Crippen molar-refractivity contribution in [2.24, 2.45) is 0 Å². The highest BCUT2D eigenvalue weighted by Gasteiger charge is 2.40. The first kappa shape index (κ1) is 20.1. The van der Waals surface area contributed by atoms with E-state index in [1.165, 1.54) is 36.4 Å². The van der Waals surface area contributed by atoms with Gasteiger partial charge in [0, 0.05) is 0 Å². The van der Waals surface area contributed by atoms with E-state index in [2.05, 4.69) is 0 Å². The number of alkyl halides is 3. The number of aryl methyl sites for hydroxylation is 2. The van der Waals surface area contributed by atoms with Crippen LogP contribution in [0.3, 0.4) is 0 Å². The summed E-state index contributed by atoms with van der Waals surface area (Å²) in [6.45, 7) is 0. The van der Waals surface area contributed by atoms with Gasteiger partial charge in [0.15, 0.2) is 0 Å². The molecule has 0 heterocycles. The van der Waals surface area contributed by atoms with Crippen LogP contribution in [0.4, 0.5) is 22.0 Å². The van der Waals surface area contributed by atoms with Gasteiger partial charge in [-0.05, 0) is 59.7 Å². The number of hydrogen-bond acceptors (Lipinski definition) is 0. The van der Waals surface area contributed by atoms with Gasteiger partial charge in [-0.15, -0.1) is 0 Å². The largest absolute Gasteiger partial charge is 0.396 e. The molecule has 3 rings (SSSR count). The lowest BCUT2D eigenvalue weighted by atomic mass is 9.90. The van der Waals surface area contributed by atoms with Crippen LogP contribution < -0.4 is 0 Å². The summed E-state index contributed by atoms with van der Waals surface area (Å²) in [5, 5.41) is 0. The highest BCUT2D eigenvalue weighted by atomic mass is 19.4. The zero-order valence-corrected chi connectivity index (χ0v) is 15.0. The lowest BCUT2D eigenvalue weighted by molar-refractivity contribution is -0.150. The molecule has 0 aromatic heterocycles.